The van der Waals surface area contributed by atoms with E-state index < -0.39 is 0 Å². The van der Waals surface area contributed by atoms with Crippen LogP contribution < -0.4 is 10.1 Å². The highest BCUT2D eigenvalue weighted by atomic mass is 16.5. The van der Waals surface area contributed by atoms with Crippen molar-refractivity contribution in [1.82, 2.24) is 5.32 Å². The van der Waals surface area contributed by atoms with Gasteiger partial charge < -0.3 is 10.1 Å². The van der Waals surface area contributed by atoms with Gasteiger partial charge in [-0.25, -0.2) is 0 Å². The van der Waals surface area contributed by atoms with Crippen molar-refractivity contribution < 1.29 is 4.74 Å². The Morgan fingerprint density at radius 2 is 1.76 bits per heavy atom. The SMILES string of the molecule is Cc1cccc(Oc2ccc(CNC(C)(C)C)cc2C)c1. The summed E-state index contributed by atoms with van der Waals surface area (Å²) in [4.78, 5) is 0. The van der Waals surface area contributed by atoms with Crippen molar-refractivity contribution in [3.63, 3.8) is 0 Å². The van der Waals surface area contributed by atoms with E-state index in [1.807, 2.05) is 12.1 Å². The summed E-state index contributed by atoms with van der Waals surface area (Å²) < 4.78 is 5.97. The minimum absolute atomic E-state index is 0.130. The van der Waals surface area contributed by atoms with Crippen LogP contribution in [0.25, 0.3) is 0 Å². The van der Waals surface area contributed by atoms with Crippen LogP contribution in [-0.2, 0) is 6.54 Å². The molecule has 0 aliphatic heterocycles. The normalized spacial score (nSPS) is 11.5. The van der Waals surface area contributed by atoms with Crippen LogP contribution in [0.1, 0.15) is 37.5 Å². The van der Waals surface area contributed by atoms with E-state index in [1.165, 1.54) is 11.1 Å². The fourth-order valence-electron chi connectivity index (χ4n) is 2.11. The van der Waals surface area contributed by atoms with Gasteiger partial charge in [-0.15, -0.1) is 0 Å². The van der Waals surface area contributed by atoms with Gasteiger partial charge in [0.05, 0.1) is 0 Å². The van der Waals surface area contributed by atoms with E-state index >= 15 is 0 Å². The van der Waals surface area contributed by atoms with Crippen LogP contribution in [0.2, 0.25) is 0 Å². The predicted octanol–water partition coefficient (Wildman–Crippen LogP) is 4.98. The molecule has 2 nitrogen and oxygen atoms in total. The number of aryl methyl sites for hydroxylation is 2. The maximum atomic E-state index is 5.97. The summed E-state index contributed by atoms with van der Waals surface area (Å²) in [6.07, 6.45) is 0. The zero-order chi connectivity index (χ0) is 15.5. The molecule has 0 bridgehead atoms. The maximum Gasteiger partial charge on any atom is 0.130 e. The van der Waals surface area contributed by atoms with Crippen molar-refractivity contribution >= 4 is 0 Å². The predicted molar refractivity (Wildman–Crippen MR) is 89.0 cm³/mol. The third kappa shape index (κ3) is 4.91. The maximum absolute atomic E-state index is 5.97. The molecule has 112 valence electrons. The first-order valence-electron chi connectivity index (χ1n) is 7.42. The largest absolute Gasteiger partial charge is 0.457 e. The molecule has 0 amide bonds. The molecule has 0 atom stereocenters. The molecule has 0 saturated heterocycles. The second-order valence-corrected chi connectivity index (χ2v) is 6.62. The molecule has 0 fully saturated rings. The van der Waals surface area contributed by atoms with Gasteiger partial charge in [0.15, 0.2) is 0 Å². The lowest BCUT2D eigenvalue weighted by molar-refractivity contribution is 0.424. The Kier molecular flexibility index (Phi) is 4.69. The van der Waals surface area contributed by atoms with E-state index in [0.717, 1.165) is 23.6 Å². The topological polar surface area (TPSA) is 21.3 Å². The van der Waals surface area contributed by atoms with Crippen molar-refractivity contribution in [3.05, 3.63) is 59.2 Å². The van der Waals surface area contributed by atoms with E-state index in [9.17, 15) is 0 Å². The van der Waals surface area contributed by atoms with Gasteiger partial charge in [0.2, 0.25) is 0 Å². The smallest absolute Gasteiger partial charge is 0.130 e. The first kappa shape index (κ1) is 15.6. The lowest BCUT2D eigenvalue weighted by atomic mass is 10.1. The van der Waals surface area contributed by atoms with Crippen molar-refractivity contribution in [2.24, 2.45) is 0 Å². The van der Waals surface area contributed by atoms with Crippen LogP contribution in [0.5, 0.6) is 11.5 Å². The monoisotopic (exact) mass is 283 g/mol. The van der Waals surface area contributed by atoms with E-state index in [1.54, 1.807) is 0 Å². The highest BCUT2D eigenvalue weighted by Gasteiger charge is 2.09. The summed E-state index contributed by atoms with van der Waals surface area (Å²) >= 11 is 0. The molecule has 21 heavy (non-hydrogen) atoms. The minimum atomic E-state index is 0.130. The van der Waals surface area contributed by atoms with Crippen molar-refractivity contribution in [2.45, 2.75) is 46.7 Å². The first-order chi connectivity index (χ1) is 9.83. The summed E-state index contributed by atoms with van der Waals surface area (Å²) in [5.41, 5.74) is 3.77. The van der Waals surface area contributed by atoms with Crippen molar-refractivity contribution in [3.8, 4) is 11.5 Å². The van der Waals surface area contributed by atoms with Crippen LogP contribution in [0.4, 0.5) is 0 Å². The summed E-state index contributed by atoms with van der Waals surface area (Å²) in [6.45, 7) is 11.6. The van der Waals surface area contributed by atoms with Crippen LogP contribution in [0, 0.1) is 13.8 Å². The zero-order valence-electron chi connectivity index (χ0n) is 13.7. The van der Waals surface area contributed by atoms with Gasteiger partial charge in [-0.1, -0.05) is 24.3 Å². The molecule has 0 aromatic heterocycles. The number of hydrogen-bond acceptors (Lipinski definition) is 2. The van der Waals surface area contributed by atoms with E-state index in [4.69, 9.17) is 4.74 Å². The highest BCUT2D eigenvalue weighted by molar-refractivity contribution is 5.40. The summed E-state index contributed by atoms with van der Waals surface area (Å²) in [6, 6.07) is 14.5. The fraction of sp³-hybridized carbons (Fsp3) is 0.368. The lowest BCUT2D eigenvalue weighted by Gasteiger charge is -2.21. The van der Waals surface area contributed by atoms with Gasteiger partial charge in [-0.05, 0) is 69.5 Å². The second kappa shape index (κ2) is 6.31. The molecular weight excluding hydrogens is 258 g/mol. The second-order valence-electron chi connectivity index (χ2n) is 6.62. The van der Waals surface area contributed by atoms with Crippen LogP contribution in [0.15, 0.2) is 42.5 Å². The molecule has 0 heterocycles. The highest BCUT2D eigenvalue weighted by Crippen LogP contribution is 2.26. The number of hydrogen-bond donors (Lipinski definition) is 1. The zero-order valence-corrected chi connectivity index (χ0v) is 13.7. The molecule has 0 radical (unpaired) electrons. The molecule has 2 rings (SSSR count). The standard InChI is InChI=1S/C19H25NO/c1-14-7-6-8-17(11-14)21-18-10-9-16(12-15(18)2)13-20-19(3,4)5/h6-12,20H,13H2,1-5H3. The molecule has 2 heteroatoms. The van der Waals surface area contributed by atoms with Crippen LogP contribution in [0.3, 0.4) is 0 Å². The third-order valence-electron chi connectivity index (χ3n) is 3.28. The Hall–Kier alpha value is -1.80. The van der Waals surface area contributed by atoms with Crippen LogP contribution in [-0.4, -0.2) is 5.54 Å². The Balaban J connectivity index is 2.09. The van der Waals surface area contributed by atoms with E-state index in [0.29, 0.717) is 0 Å². The Labute approximate surface area is 128 Å². The van der Waals surface area contributed by atoms with Gasteiger partial charge in [0.1, 0.15) is 11.5 Å². The van der Waals surface area contributed by atoms with Gasteiger partial charge in [0.25, 0.3) is 0 Å². The first-order valence-corrected chi connectivity index (χ1v) is 7.42. The van der Waals surface area contributed by atoms with E-state index in [2.05, 4.69) is 70.3 Å². The van der Waals surface area contributed by atoms with E-state index in [-0.39, 0.29) is 5.54 Å². The fourth-order valence-corrected chi connectivity index (χ4v) is 2.11. The van der Waals surface area contributed by atoms with Gasteiger partial charge in [-0.3, -0.25) is 0 Å². The minimum Gasteiger partial charge on any atom is -0.457 e. The van der Waals surface area contributed by atoms with Crippen LogP contribution >= 0.6 is 0 Å². The third-order valence-corrected chi connectivity index (χ3v) is 3.28. The summed E-state index contributed by atoms with van der Waals surface area (Å²) in [5, 5.41) is 3.50. The molecule has 2 aromatic carbocycles. The Morgan fingerprint density at radius 1 is 1.00 bits per heavy atom. The lowest BCUT2D eigenvalue weighted by Crippen LogP contribution is -2.35. The molecule has 0 aliphatic carbocycles. The van der Waals surface area contributed by atoms with Gasteiger partial charge in [0, 0.05) is 12.1 Å². The number of nitrogens with one attached hydrogen (secondary N) is 1. The molecule has 0 spiro atoms. The molecule has 0 saturated carbocycles. The summed E-state index contributed by atoms with van der Waals surface area (Å²) in [7, 11) is 0. The molecule has 2 aromatic rings. The molecule has 1 N–H and O–H groups in total. The number of ether oxygens (including phenoxy) is 1. The van der Waals surface area contributed by atoms with Gasteiger partial charge in [-0.2, -0.15) is 0 Å². The quantitative estimate of drug-likeness (QED) is 0.854. The molecular formula is C19H25NO. The van der Waals surface area contributed by atoms with Gasteiger partial charge >= 0.3 is 0 Å². The van der Waals surface area contributed by atoms with Crippen molar-refractivity contribution in [2.75, 3.05) is 0 Å². The molecule has 0 unspecified atom stereocenters. The van der Waals surface area contributed by atoms with Crippen molar-refractivity contribution in [1.29, 1.82) is 0 Å². The average molecular weight is 283 g/mol. The number of benzene rings is 2. The Bertz CT molecular complexity index is 611. The number of rotatable bonds is 4. The average Bonchev–Trinajstić information content (AvgIpc) is 2.38. The Morgan fingerprint density at radius 3 is 2.38 bits per heavy atom. The molecule has 0 aliphatic rings. The summed E-state index contributed by atoms with van der Waals surface area (Å²) in [5.74, 6) is 1.80.